The Balaban J connectivity index is 1.81. The molecule has 124 valence electrons. The number of nitrogens with zero attached hydrogens (tertiary/aromatic N) is 2. The van der Waals surface area contributed by atoms with Gasteiger partial charge < -0.3 is 10.4 Å². The fourth-order valence-electron chi connectivity index (χ4n) is 2.64. The monoisotopic (exact) mass is 334 g/mol. The first-order valence-corrected chi connectivity index (χ1v) is 8.09. The SMILES string of the molecule is CC(O)(CNC(=O)Nc1nnc(C(F)F)s1)C1CCCCC1. The predicted octanol–water partition coefficient (Wildman–Crippen LogP) is 2.93. The number of nitrogens with one attached hydrogen (secondary N) is 2. The summed E-state index contributed by atoms with van der Waals surface area (Å²) in [7, 11) is 0. The molecular weight excluding hydrogens is 314 g/mol. The average molecular weight is 334 g/mol. The maximum Gasteiger partial charge on any atom is 0.321 e. The molecule has 9 heteroatoms. The first-order chi connectivity index (χ1) is 10.4. The number of aromatic nitrogens is 2. The Morgan fingerprint density at radius 3 is 2.68 bits per heavy atom. The molecule has 1 heterocycles. The summed E-state index contributed by atoms with van der Waals surface area (Å²) >= 11 is 0.624. The second-order valence-electron chi connectivity index (χ2n) is 5.75. The highest BCUT2D eigenvalue weighted by molar-refractivity contribution is 7.15. The van der Waals surface area contributed by atoms with Gasteiger partial charge in [0.2, 0.25) is 5.13 Å². The van der Waals surface area contributed by atoms with E-state index in [4.69, 9.17) is 0 Å². The quantitative estimate of drug-likeness (QED) is 0.772. The van der Waals surface area contributed by atoms with E-state index in [9.17, 15) is 18.7 Å². The van der Waals surface area contributed by atoms with Crippen molar-refractivity contribution in [1.29, 1.82) is 0 Å². The maximum atomic E-state index is 12.4. The molecule has 1 aliphatic carbocycles. The number of anilines is 1. The van der Waals surface area contributed by atoms with Crippen LogP contribution in [-0.4, -0.2) is 33.5 Å². The standard InChI is InChI=1S/C13H20F2N4O2S/c1-13(21,8-5-3-2-4-6-8)7-16-11(20)17-12-19-18-10(22-12)9(14)15/h8-9,21H,2-7H2,1H3,(H2,16,17,19,20). The molecule has 1 aromatic rings. The van der Waals surface area contributed by atoms with Crippen molar-refractivity contribution in [3.05, 3.63) is 5.01 Å². The van der Waals surface area contributed by atoms with Gasteiger partial charge in [0, 0.05) is 6.54 Å². The van der Waals surface area contributed by atoms with Crippen molar-refractivity contribution in [3.63, 3.8) is 0 Å². The Kier molecular flexibility index (Phi) is 5.63. The number of amides is 2. The molecular formula is C13H20F2N4O2S. The highest BCUT2D eigenvalue weighted by Crippen LogP contribution is 2.32. The van der Waals surface area contributed by atoms with Gasteiger partial charge in [-0.05, 0) is 25.7 Å². The number of carbonyl (C=O) groups excluding carboxylic acids is 1. The maximum absolute atomic E-state index is 12.4. The van der Waals surface area contributed by atoms with Gasteiger partial charge in [-0.2, -0.15) is 0 Å². The van der Waals surface area contributed by atoms with Crippen LogP contribution in [0.4, 0.5) is 18.7 Å². The number of alkyl halides is 2. The highest BCUT2D eigenvalue weighted by atomic mass is 32.1. The summed E-state index contributed by atoms with van der Waals surface area (Å²) in [6.07, 6.45) is 2.56. The second-order valence-corrected chi connectivity index (χ2v) is 6.76. The van der Waals surface area contributed by atoms with Crippen LogP contribution in [0, 0.1) is 5.92 Å². The van der Waals surface area contributed by atoms with Crippen LogP contribution in [0.5, 0.6) is 0 Å². The summed E-state index contributed by atoms with van der Waals surface area (Å²) < 4.78 is 24.7. The minimum absolute atomic E-state index is 0.00473. The van der Waals surface area contributed by atoms with Crippen LogP contribution in [-0.2, 0) is 0 Å². The lowest BCUT2D eigenvalue weighted by Crippen LogP contribution is -2.47. The van der Waals surface area contributed by atoms with Gasteiger partial charge in [-0.25, -0.2) is 13.6 Å². The fraction of sp³-hybridized carbons (Fsp3) is 0.769. The zero-order valence-corrected chi connectivity index (χ0v) is 13.1. The van der Waals surface area contributed by atoms with Crippen LogP contribution in [0.25, 0.3) is 0 Å². The molecule has 1 unspecified atom stereocenters. The van der Waals surface area contributed by atoms with Crippen molar-refractivity contribution in [2.24, 2.45) is 5.92 Å². The summed E-state index contributed by atoms with van der Waals surface area (Å²) in [6, 6.07) is -0.590. The lowest BCUT2D eigenvalue weighted by Gasteiger charge is -2.35. The fourth-order valence-corrected chi connectivity index (χ4v) is 3.24. The van der Waals surface area contributed by atoms with Crippen LogP contribution in [0.3, 0.4) is 0 Å². The Bertz CT molecular complexity index is 504. The number of hydrogen-bond donors (Lipinski definition) is 3. The van der Waals surface area contributed by atoms with E-state index >= 15 is 0 Å². The molecule has 1 atom stereocenters. The van der Waals surface area contributed by atoms with Crippen LogP contribution in [0.1, 0.15) is 50.5 Å². The molecule has 0 aromatic carbocycles. The van der Waals surface area contributed by atoms with E-state index in [1.54, 1.807) is 6.92 Å². The Morgan fingerprint density at radius 1 is 1.41 bits per heavy atom. The minimum atomic E-state index is -2.71. The summed E-state index contributed by atoms with van der Waals surface area (Å²) in [5.74, 6) is 0.161. The predicted molar refractivity (Wildman–Crippen MR) is 79.1 cm³/mol. The topological polar surface area (TPSA) is 87.1 Å². The van der Waals surface area contributed by atoms with Gasteiger partial charge in [0.15, 0.2) is 5.01 Å². The summed E-state index contributed by atoms with van der Waals surface area (Å²) in [4.78, 5) is 11.7. The third kappa shape index (κ3) is 4.57. The number of hydrogen-bond acceptors (Lipinski definition) is 5. The van der Waals surface area contributed by atoms with Gasteiger partial charge in [-0.3, -0.25) is 5.32 Å². The van der Waals surface area contributed by atoms with E-state index in [1.807, 2.05) is 0 Å². The van der Waals surface area contributed by atoms with E-state index in [-0.39, 0.29) is 17.6 Å². The summed E-state index contributed by atoms with van der Waals surface area (Å²) in [5.41, 5.74) is -0.979. The van der Waals surface area contributed by atoms with Crippen molar-refractivity contribution < 1.29 is 18.7 Å². The third-order valence-electron chi connectivity index (χ3n) is 3.94. The number of urea groups is 1. The average Bonchev–Trinajstić information content (AvgIpc) is 2.95. The first-order valence-electron chi connectivity index (χ1n) is 7.27. The van der Waals surface area contributed by atoms with Gasteiger partial charge in [-0.15, -0.1) is 10.2 Å². The minimum Gasteiger partial charge on any atom is -0.388 e. The highest BCUT2D eigenvalue weighted by Gasteiger charge is 2.33. The molecule has 6 nitrogen and oxygen atoms in total. The van der Waals surface area contributed by atoms with E-state index < -0.39 is 23.1 Å². The zero-order chi connectivity index (χ0) is 16.2. The number of rotatable bonds is 5. The largest absolute Gasteiger partial charge is 0.388 e. The lowest BCUT2D eigenvalue weighted by atomic mass is 9.78. The van der Waals surface area contributed by atoms with Crippen LogP contribution in [0.2, 0.25) is 0 Å². The molecule has 1 aromatic heterocycles. The number of carbonyl (C=O) groups is 1. The number of halogens is 2. The van der Waals surface area contributed by atoms with Crippen molar-refractivity contribution in [1.82, 2.24) is 15.5 Å². The van der Waals surface area contributed by atoms with E-state index in [1.165, 1.54) is 6.42 Å². The number of aliphatic hydroxyl groups is 1. The molecule has 0 aliphatic heterocycles. The molecule has 22 heavy (non-hydrogen) atoms. The molecule has 3 N–H and O–H groups in total. The van der Waals surface area contributed by atoms with Crippen LogP contribution >= 0.6 is 11.3 Å². The Morgan fingerprint density at radius 2 is 2.09 bits per heavy atom. The van der Waals surface area contributed by atoms with Crippen LogP contribution in [0.15, 0.2) is 0 Å². The third-order valence-corrected chi connectivity index (χ3v) is 4.79. The lowest BCUT2D eigenvalue weighted by molar-refractivity contribution is -0.0127. The smallest absolute Gasteiger partial charge is 0.321 e. The van der Waals surface area contributed by atoms with E-state index in [0.717, 1.165) is 25.7 Å². The van der Waals surface area contributed by atoms with Crippen LogP contribution < -0.4 is 10.6 Å². The van der Waals surface area contributed by atoms with Gasteiger partial charge >= 0.3 is 6.03 Å². The van der Waals surface area contributed by atoms with E-state index in [2.05, 4.69) is 20.8 Å². The first kappa shape index (κ1) is 17.0. The Hall–Kier alpha value is -1.35. The zero-order valence-electron chi connectivity index (χ0n) is 12.3. The van der Waals surface area contributed by atoms with Crippen molar-refractivity contribution in [2.45, 2.75) is 51.1 Å². The summed E-state index contributed by atoms with van der Waals surface area (Å²) in [5, 5.41) is 21.7. The molecule has 0 spiro atoms. The van der Waals surface area contributed by atoms with Gasteiger partial charge in [-0.1, -0.05) is 30.6 Å². The second kappa shape index (κ2) is 7.28. The molecule has 0 bridgehead atoms. The molecule has 0 saturated heterocycles. The van der Waals surface area contributed by atoms with Gasteiger partial charge in [0.25, 0.3) is 6.43 Å². The normalized spacial score (nSPS) is 19.0. The molecule has 1 saturated carbocycles. The van der Waals surface area contributed by atoms with Crippen molar-refractivity contribution in [2.75, 3.05) is 11.9 Å². The molecule has 1 fully saturated rings. The van der Waals surface area contributed by atoms with Crippen molar-refractivity contribution in [3.8, 4) is 0 Å². The summed E-state index contributed by atoms with van der Waals surface area (Å²) in [6.45, 7) is 1.81. The molecule has 0 radical (unpaired) electrons. The Labute approximate surface area is 131 Å². The molecule has 2 amide bonds. The molecule has 2 rings (SSSR count). The van der Waals surface area contributed by atoms with E-state index in [0.29, 0.717) is 11.3 Å². The van der Waals surface area contributed by atoms with Gasteiger partial charge in [0.05, 0.1) is 5.60 Å². The van der Waals surface area contributed by atoms with Gasteiger partial charge in [0.1, 0.15) is 0 Å². The molecule has 1 aliphatic rings. The van der Waals surface area contributed by atoms with Crippen molar-refractivity contribution >= 4 is 22.5 Å².